The average molecular weight is 438 g/mol. The zero-order chi connectivity index (χ0) is 15.5. The van der Waals surface area contributed by atoms with Crippen molar-refractivity contribution in [3.8, 4) is 0 Å². The number of halogens is 6. The van der Waals surface area contributed by atoms with Gasteiger partial charge in [0, 0.05) is 36.7 Å². The van der Waals surface area contributed by atoms with E-state index in [9.17, 15) is 13.2 Å². The lowest BCUT2D eigenvalue weighted by atomic mass is 9.98. The van der Waals surface area contributed by atoms with Crippen molar-refractivity contribution in [1.29, 1.82) is 0 Å². The topological polar surface area (TPSA) is 15.3 Å². The number of alkyl halides is 3. The van der Waals surface area contributed by atoms with Crippen LogP contribution in [-0.4, -0.2) is 31.1 Å². The van der Waals surface area contributed by atoms with E-state index < -0.39 is 11.7 Å². The van der Waals surface area contributed by atoms with Crippen molar-refractivity contribution in [3.05, 3.63) is 33.8 Å². The second-order valence-corrected chi connectivity index (χ2v) is 6.18. The number of rotatable bonds is 4. The zero-order valence-corrected chi connectivity index (χ0v) is 16.0. The summed E-state index contributed by atoms with van der Waals surface area (Å²) in [5, 5.41) is 3.28. The highest BCUT2D eigenvalue weighted by molar-refractivity contribution is 9.10. The molecule has 0 spiro atoms. The predicted molar refractivity (Wildman–Crippen MR) is 95.7 cm³/mol. The van der Waals surface area contributed by atoms with Gasteiger partial charge in [-0.25, -0.2) is 0 Å². The van der Waals surface area contributed by atoms with Crippen LogP contribution >= 0.6 is 40.7 Å². The van der Waals surface area contributed by atoms with Crippen molar-refractivity contribution in [2.45, 2.75) is 32.0 Å². The Kier molecular flexibility index (Phi) is 10.1. The molecule has 23 heavy (non-hydrogen) atoms. The van der Waals surface area contributed by atoms with E-state index >= 15 is 0 Å². The summed E-state index contributed by atoms with van der Waals surface area (Å²) in [5.41, 5.74) is 0.172. The first-order chi connectivity index (χ1) is 9.93. The lowest BCUT2D eigenvalue weighted by molar-refractivity contribution is -0.137. The lowest BCUT2D eigenvalue weighted by Gasteiger charge is -2.36. The first-order valence-corrected chi connectivity index (χ1v) is 8.04. The zero-order valence-electron chi connectivity index (χ0n) is 12.8. The number of piperazine rings is 1. The van der Waals surface area contributed by atoms with E-state index in [4.69, 9.17) is 0 Å². The SMILES string of the molecule is CCC[C@@H](c1cc(C(F)(F)F)ccc1Br)N1CCNCC1.Cl.Cl. The van der Waals surface area contributed by atoms with Crippen molar-refractivity contribution >= 4 is 40.7 Å². The summed E-state index contributed by atoms with van der Waals surface area (Å²) in [6, 6.07) is 3.98. The molecule has 1 aliphatic heterocycles. The Morgan fingerprint density at radius 2 is 1.83 bits per heavy atom. The molecular formula is C15H22BrCl2F3N2. The van der Waals surface area contributed by atoms with Gasteiger partial charge >= 0.3 is 6.18 Å². The average Bonchev–Trinajstić information content (AvgIpc) is 2.45. The molecule has 0 radical (unpaired) electrons. The minimum Gasteiger partial charge on any atom is -0.314 e. The maximum atomic E-state index is 13.0. The predicted octanol–water partition coefficient (Wildman–Crippen LogP) is 5.06. The molecule has 0 unspecified atom stereocenters. The molecular weight excluding hydrogens is 416 g/mol. The van der Waals surface area contributed by atoms with Crippen molar-refractivity contribution in [1.82, 2.24) is 10.2 Å². The smallest absolute Gasteiger partial charge is 0.314 e. The monoisotopic (exact) mass is 436 g/mol. The van der Waals surface area contributed by atoms with Gasteiger partial charge in [-0.2, -0.15) is 13.2 Å². The van der Waals surface area contributed by atoms with Crippen LogP contribution < -0.4 is 5.32 Å². The number of hydrogen-bond acceptors (Lipinski definition) is 2. The van der Waals surface area contributed by atoms with Gasteiger partial charge in [-0.3, -0.25) is 4.90 Å². The molecule has 1 aromatic carbocycles. The highest BCUT2D eigenvalue weighted by Gasteiger charge is 2.32. The Bertz CT molecular complexity index is 480. The molecule has 8 heteroatoms. The first kappa shape index (κ1) is 23.0. The summed E-state index contributed by atoms with van der Waals surface area (Å²) in [6.45, 7) is 5.57. The minimum absolute atomic E-state index is 0. The third kappa shape index (κ3) is 6.09. The van der Waals surface area contributed by atoms with Crippen molar-refractivity contribution in [2.75, 3.05) is 26.2 Å². The molecule has 0 aliphatic carbocycles. The number of nitrogens with zero attached hydrogens (tertiary/aromatic N) is 1. The minimum atomic E-state index is -4.30. The van der Waals surface area contributed by atoms with E-state index in [-0.39, 0.29) is 30.9 Å². The fraction of sp³-hybridized carbons (Fsp3) is 0.600. The van der Waals surface area contributed by atoms with E-state index in [1.165, 1.54) is 12.1 Å². The van der Waals surface area contributed by atoms with E-state index in [1.807, 2.05) is 0 Å². The molecule has 1 heterocycles. The van der Waals surface area contributed by atoms with Crippen molar-refractivity contribution in [3.63, 3.8) is 0 Å². The summed E-state index contributed by atoms with van der Waals surface area (Å²) >= 11 is 3.42. The van der Waals surface area contributed by atoms with Gasteiger partial charge in [0.25, 0.3) is 0 Å². The normalized spacial score (nSPS) is 17.1. The van der Waals surface area contributed by atoms with Crippen LogP contribution in [0.15, 0.2) is 22.7 Å². The summed E-state index contributed by atoms with van der Waals surface area (Å²) in [4.78, 5) is 2.28. The van der Waals surface area contributed by atoms with Gasteiger partial charge in [-0.15, -0.1) is 24.8 Å². The van der Waals surface area contributed by atoms with E-state index in [2.05, 4.69) is 33.1 Å². The van der Waals surface area contributed by atoms with Gasteiger partial charge in [0.2, 0.25) is 0 Å². The van der Waals surface area contributed by atoms with Crippen LogP contribution in [0.3, 0.4) is 0 Å². The molecule has 2 rings (SSSR count). The largest absolute Gasteiger partial charge is 0.416 e. The van der Waals surface area contributed by atoms with E-state index in [0.29, 0.717) is 0 Å². The molecule has 2 nitrogen and oxygen atoms in total. The van der Waals surface area contributed by atoms with Gasteiger partial charge in [0.05, 0.1) is 5.56 Å². The second kappa shape index (κ2) is 10.1. The third-order valence-corrected chi connectivity index (χ3v) is 4.56. The standard InChI is InChI=1S/C15H20BrF3N2.2ClH/c1-2-3-14(21-8-6-20-7-9-21)12-10-11(15(17,18)19)4-5-13(12)16;;/h4-5,10,14,20H,2-3,6-9H2,1H3;2*1H/t14-;;/m0../s1. The van der Waals surface area contributed by atoms with Crippen molar-refractivity contribution < 1.29 is 13.2 Å². The van der Waals surface area contributed by atoms with Crippen LogP contribution in [0.4, 0.5) is 13.2 Å². The Labute approximate surface area is 156 Å². The molecule has 134 valence electrons. The van der Waals surface area contributed by atoms with E-state index in [1.54, 1.807) is 0 Å². The number of hydrogen-bond donors (Lipinski definition) is 1. The highest BCUT2D eigenvalue weighted by atomic mass is 79.9. The second-order valence-electron chi connectivity index (χ2n) is 5.32. The fourth-order valence-corrected chi connectivity index (χ4v) is 3.29. The molecule has 1 N–H and O–H groups in total. The van der Waals surface area contributed by atoms with Gasteiger partial charge in [0.1, 0.15) is 0 Å². The van der Waals surface area contributed by atoms with Crippen molar-refractivity contribution in [2.24, 2.45) is 0 Å². The quantitative estimate of drug-likeness (QED) is 0.708. The Morgan fingerprint density at radius 1 is 1.22 bits per heavy atom. The van der Waals surface area contributed by atoms with E-state index in [0.717, 1.165) is 55.1 Å². The van der Waals surface area contributed by atoms with Gasteiger partial charge in [-0.1, -0.05) is 29.3 Å². The summed E-state index contributed by atoms with van der Waals surface area (Å²) in [5.74, 6) is 0. The molecule has 0 amide bonds. The Balaban J connectivity index is 0.00000242. The molecule has 1 aliphatic rings. The summed E-state index contributed by atoms with van der Waals surface area (Å²) in [7, 11) is 0. The molecule has 1 aromatic rings. The molecule has 0 aromatic heterocycles. The maximum Gasteiger partial charge on any atom is 0.416 e. The summed E-state index contributed by atoms with van der Waals surface area (Å²) < 4.78 is 39.6. The maximum absolute atomic E-state index is 13.0. The Hall–Kier alpha value is -0.0100. The fourth-order valence-electron chi connectivity index (χ4n) is 2.78. The molecule has 1 fully saturated rings. The molecule has 0 bridgehead atoms. The Morgan fingerprint density at radius 3 is 2.35 bits per heavy atom. The van der Waals surface area contributed by atoms with Crippen LogP contribution in [0.1, 0.15) is 36.9 Å². The van der Waals surface area contributed by atoms with Crippen LogP contribution in [0.25, 0.3) is 0 Å². The van der Waals surface area contributed by atoms with Gasteiger partial charge in [0.15, 0.2) is 0 Å². The molecule has 1 saturated heterocycles. The third-order valence-electron chi connectivity index (χ3n) is 3.84. The van der Waals surface area contributed by atoms with Crippen LogP contribution in [0.2, 0.25) is 0 Å². The van der Waals surface area contributed by atoms with Gasteiger partial charge < -0.3 is 5.32 Å². The van der Waals surface area contributed by atoms with Crippen LogP contribution in [0.5, 0.6) is 0 Å². The summed E-state index contributed by atoms with van der Waals surface area (Å²) in [6.07, 6.45) is -2.49. The van der Waals surface area contributed by atoms with Gasteiger partial charge in [-0.05, 0) is 30.2 Å². The number of nitrogens with one attached hydrogen (secondary N) is 1. The first-order valence-electron chi connectivity index (χ1n) is 7.25. The van der Waals surface area contributed by atoms with Crippen LogP contribution in [-0.2, 0) is 6.18 Å². The highest BCUT2D eigenvalue weighted by Crippen LogP contribution is 2.37. The lowest BCUT2D eigenvalue weighted by Crippen LogP contribution is -2.45. The number of benzene rings is 1. The molecule has 1 atom stereocenters. The van der Waals surface area contributed by atoms with Crippen LogP contribution in [0, 0.1) is 0 Å². The molecule has 0 saturated carbocycles.